The number of amides is 1. The Hall–Kier alpha value is -1.40. The first-order valence-corrected chi connectivity index (χ1v) is 8.39. The predicted octanol–water partition coefficient (Wildman–Crippen LogP) is 1.60. The first-order valence-electron chi connectivity index (χ1n) is 6.84. The molecule has 1 aromatic carbocycles. The molecule has 0 atom stereocenters. The van der Waals surface area contributed by atoms with Crippen molar-refractivity contribution in [3.63, 3.8) is 0 Å². The molecule has 110 valence electrons. The van der Waals surface area contributed by atoms with Crippen LogP contribution in [-0.4, -0.2) is 32.3 Å². The number of primary sulfonamides is 1. The maximum atomic E-state index is 12.5. The van der Waals surface area contributed by atoms with Crippen molar-refractivity contribution in [2.45, 2.75) is 31.1 Å². The van der Waals surface area contributed by atoms with Crippen LogP contribution >= 0.6 is 0 Å². The van der Waals surface area contributed by atoms with E-state index in [1.807, 2.05) is 0 Å². The second kappa shape index (κ2) is 5.93. The van der Waals surface area contributed by atoms with Crippen LogP contribution in [0.2, 0.25) is 0 Å². The number of carbonyl (C=O) groups excluding carboxylic acids is 1. The molecule has 6 heteroatoms. The molecule has 0 radical (unpaired) electrons. The highest BCUT2D eigenvalue weighted by Crippen LogP contribution is 2.23. The number of likely N-dealkylation sites (tertiary alicyclic amines) is 1. The zero-order chi connectivity index (χ0) is 14.8. The number of benzene rings is 1. The molecule has 0 aliphatic carbocycles. The Kier molecular flexibility index (Phi) is 4.45. The van der Waals surface area contributed by atoms with E-state index in [0.29, 0.717) is 19.0 Å². The van der Waals surface area contributed by atoms with Gasteiger partial charge in [-0.05, 0) is 30.9 Å². The third-order valence-corrected chi connectivity index (χ3v) is 4.87. The summed E-state index contributed by atoms with van der Waals surface area (Å²) < 4.78 is 23.1. The average molecular weight is 296 g/mol. The van der Waals surface area contributed by atoms with Crippen LogP contribution in [0.25, 0.3) is 0 Å². The number of nitrogens with two attached hydrogens (primary N) is 1. The maximum absolute atomic E-state index is 12.5. The third kappa shape index (κ3) is 3.19. The van der Waals surface area contributed by atoms with Crippen molar-refractivity contribution in [3.8, 4) is 0 Å². The minimum Gasteiger partial charge on any atom is -0.339 e. The van der Waals surface area contributed by atoms with Gasteiger partial charge in [0.05, 0.1) is 10.5 Å². The zero-order valence-corrected chi connectivity index (χ0v) is 12.4. The molecule has 5 nitrogen and oxygen atoms in total. The number of hydrogen-bond acceptors (Lipinski definition) is 3. The second-order valence-corrected chi connectivity index (χ2v) is 6.71. The van der Waals surface area contributed by atoms with Gasteiger partial charge in [0.1, 0.15) is 0 Å². The summed E-state index contributed by atoms with van der Waals surface area (Å²) in [5.74, 6) is 0.414. The molecule has 2 rings (SSSR count). The quantitative estimate of drug-likeness (QED) is 0.920. The summed E-state index contributed by atoms with van der Waals surface area (Å²) in [7, 11) is -3.88. The van der Waals surface area contributed by atoms with Gasteiger partial charge >= 0.3 is 0 Å². The summed E-state index contributed by atoms with van der Waals surface area (Å²) in [5, 5.41) is 5.17. The lowest BCUT2D eigenvalue weighted by atomic mass is 9.94. The fourth-order valence-corrected chi connectivity index (χ4v) is 3.34. The molecular weight excluding hydrogens is 276 g/mol. The van der Waals surface area contributed by atoms with E-state index in [4.69, 9.17) is 5.14 Å². The molecule has 1 aliphatic rings. The summed E-state index contributed by atoms with van der Waals surface area (Å²) in [6.07, 6.45) is 3.06. The zero-order valence-electron chi connectivity index (χ0n) is 11.6. The molecule has 1 fully saturated rings. The van der Waals surface area contributed by atoms with Gasteiger partial charge in [0.25, 0.3) is 5.91 Å². The van der Waals surface area contributed by atoms with Gasteiger partial charge in [-0.15, -0.1) is 0 Å². The number of sulfonamides is 1. The van der Waals surface area contributed by atoms with Gasteiger partial charge in [-0.3, -0.25) is 4.79 Å². The molecule has 1 aromatic rings. The normalized spacial score (nSPS) is 17.2. The Bertz CT molecular complexity index is 590. The minimum absolute atomic E-state index is 0.0948. The van der Waals surface area contributed by atoms with Crippen LogP contribution in [0.4, 0.5) is 0 Å². The van der Waals surface area contributed by atoms with Gasteiger partial charge in [0.15, 0.2) is 0 Å². The van der Waals surface area contributed by atoms with E-state index >= 15 is 0 Å². The van der Waals surface area contributed by atoms with Crippen LogP contribution in [0.5, 0.6) is 0 Å². The highest BCUT2D eigenvalue weighted by atomic mass is 32.2. The molecule has 0 spiro atoms. The molecular formula is C14H20N2O3S. The fraction of sp³-hybridized carbons (Fsp3) is 0.500. The molecule has 0 unspecified atom stereocenters. The first kappa shape index (κ1) is 15.0. The monoisotopic (exact) mass is 296 g/mol. The van der Waals surface area contributed by atoms with Crippen LogP contribution in [0, 0.1) is 5.92 Å². The number of rotatable bonds is 3. The molecule has 1 aliphatic heterocycles. The van der Waals surface area contributed by atoms with Gasteiger partial charge in [-0.1, -0.05) is 25.5 Å². The SMILES string of the molecule is CCC1CCN(C(=O)c2ccccc2S(N)(=O)=O)CC1. The van der Waals surface area contributed by atoms with Crippen molar-refractivity contribution < 1.29 is 13.2 Å². The molecule has 0 bridgehead atoms. The Morgan fingerprint density at radius 1 is 1.30 bits per heavy atom. The van der Waals surface area contributed by atoms with Gasteiger partial charge < -0.3 is 4.90 Å². The highest BCUT2D eigenvalue weighted by molar-refractivity contribution is 7.89. The topological polar surface area (TPSA) is 80.5 Å². The average Bonchev–Trinajstić information content (AvgIpc) is 2.46. The van der Waals surface area contributed by atoms with Gasteiger partial charge in [-0.25, -0.2) is 13.6 Å². The van der Waals surface area contributed by atoms with Crippen molar-refractivity contribution in [1.82, 2.24) is 4.90 Å². The van der Waals surface area contributed by atoms with Crippen molar-refractivity contribution in [2.24, 2.45) is 11.1 Å². The molecule has 20 heavy (non-hydrogen) atoms. The lowest BCUT2D eigenvalue weighted by Crippen LogP contribution is -2.39. The number of piperidine rings is 1. The molecule has 2 N–H and O–H groups in total. The van der Waals surface area contributed by atoms with Crippen LogP contribution in [-0.2, 0) is 10.0 Å². The van der Waals surface area contributed by atoms with E-state index in [0.717, 1.165) is 19.3 Å². The van der Waals surface area contributed by atoms with Crippen molar-refractivity contribution in [2.75, 3.05) is 13.1 Å². The lowest BCUT2D eigenvalue weighted by Gasteiger charge is -2.31. The first-order chi connectivity index (χ1) is 9.43. The van der Waals surface area contributed by atoms with Gasteiger partial charge in [0, 0.05) is 13.1 Å². The van der Waals surface area contributed by atoms with E-state index in [9.17, 15) is 13.2 Å². The van der Waals surface area contributed by atoms with E-state index in [1.165, 1.54) is 12.1 Å². The fourth-order valence-electron chi connectivity index (χ4n) is 2.61. The molecule has 0 saturated carbocycles. The minimum atomic E-state index is -3.88. The van der Waals surface area contributed by atoms with Crippen LogP contribution in [0.15, 0.2) is 29.2 Å². The Morgan fingerprint density at radius 2 is 1.90 bits per heavy atom. The van der Waals surface area contributed by atoms with E-state index in [1.54, 1.807) is 17.0 Å². The molecule has 0 aromatic heterocycles. The summed E-state index contributed by atoms with van der Waals surface area (Å²) in [6.45, 7) is 3.50. The number of hydrogen-bond donors (Lipinski definition) is 1. The number of nitrogens with zero attached hydrogens (tertiary/aromatic N) is 1. The lowest BCUT2D eigenvalue weighted by molar-refractivity contribution is 0.0685. The smallest absolute Gasteiger partial charge is 0.255 e. The van der Waals surface area contributed by atoms with E-state index < -0.39 is 10.0 Å². The maximum Gasteiger partial charge on any atom is 0.255 e. The summed E-state index contributed by atoms with van der Waals surface area (Å²) in [5.41, 5.74) is 0.171. The van der Waals surface area contributed by atoms with Gasteiger partial charge in [-0.2, -0.15) is 0 Å². The van der Waals surface area contributed by atoms with Crippen LogP contribution in [0.3, 0.4) is 0 Å². The molecule has 1 amide bonds. The van der Waals surface area contributed by atoms with Gasteiger partial charge in [0.2, 0.25) is 10.0 Å². The Balaban J connectivity index is 2.23. The second-order valence-electron chi connectivity index (χ2n) is 5.18. The predicted molar refractivity (Wildman–Crippen MR) is 76.7 cm³/mol. The van der Waals surface area contributed by atoms with Crippen LogP contribution < -0.4 is 5.14 Å². The third-order valence-electron chi connectivity index (χ3n) is 3.90. The standard InChI is InChI=1S/C14H20N2O3S/c1-2-11-7-9-16(10-8-11)14(17)12-5-3-4-6-13(12)20(15,18)19/h3-6,11H,2,7-10H2,1H3,(H2,15,18,19). The van der Waals surface area contributed by atoms with Crippen molar-refractivity contribution >= 4 is 15.9 Å². The van der Waals surface area contributed by atoms with Crippen LogP contribution in [0.1, 0.15) is 36.5 Å². The Morgan fingerprint density at radius 3 is 2.45 bits per heavy atom. The highest BCUT2D eigenvalue weighted by Gasteiger charge is 2.26. The number of carbonyl (C=O) groups is 1. The Labute approximate surface area is 119 Å². The molecule has 1 saturated heterocycles. The summed E-state index contributed by atoms with van der Waals surface area (Å²) in [6, 6.07) is 6.12. The van der Waals surface area contributed by atoms with Crippen molar-refractivity contribution in [3.05, 3.63) is 29.8 Å². The molecule has 1 heterocycles. The largest absolute Gasteiger partial charge is 0.339 e. The van der Waals surface area contributed by atoms with E-state index in [2.05, 4.69) is 6.92 Å². The summed E-state index contributed by atoms with van der Waals surface area (Å²) >= 11 is 0. The summed E-state index contributed by atoms with van der Waals surface area (Å²) in [4.78, 5) is 14.1. The van der Waals surface area contributed by atoms with Crippen molar-refractivity contribution in [1.29, 1.82) is 0 Å². The van der Waals surface area contributed by atoms with E-state index in [-0.39, 0.29) is 16.4 Å².